The zero-order valence-corrected chi connectivity index (χ0v) is 7.25. The maximum Gasteiger partial charge on any atom is 0.0320 e. The highest BCUT2D eigenvalue weighted by Gasteiger charge is 1.93. The van der Waals surface area contributed by atoms with Crippen molar-refractivity contribution in [1.82, 2.24) is 0 Å². The summed E-state index contributed by atoms with van der Waals surface area (Å²) in [6.45, 7) is 2.61. The van der Waals surface area contributed by atoms with Crippen LogP contribution in [0.15, 0.2) is 24.3 Å². The van der Waals surface area contributed by atoms with Gasteiger partial charge in [-0.05, 0) is 30.2 Å². The fourth-order valence-corrected chi connectivity index (χ4v) is 1.03. The molecule has 0 atom stereocenters. The average Bonchev–Trinajstić information content (AvgIpc) is 2.07. The normalized spacial score (nSPS) is 10.8. The van der Waals surface area contributed by atoms with E-state index in [0.29, 0.717) is 6.54 Å². The van der Waals surface area contributed by atoms with Gasteiger partial charge in [-0.1, -0.05) is 18.2 Å². The minimum absolute atomic E-state index is 0.564. The van der Waals surface area contributed by atoms with E-state index in [-0.39, 0.29) is 0 Å². The Hall–Kier alpha value is -1.28. The minimum Gasteiger partial charge on any atom is -0.399 e. The number of hydrogen-bond acceptors (Lipinski definition) is 2. The van der Waals surface area contributed by atoms with Crippen LogP contribution in [0.5, 0.6) is 0 Å². The first kappa shape index (κ1) is 8.81. The van der Waals surface area contributed by atoms with Gasteiger partial charge in [-0.25, -0.2) is 0 Å². The fraction of sp³-hybridized carbons (Fsp3) is 0.200. The van der Waals surface area contributed by atoms with E-state index in [4.69, 9.17) is 11.5 Å². The maximum absolute atomic E-state index is 5.63. The molecule has 4 N–H and O–H groups in total. The largest absolute Gasteiger partial charge is 0.399 e. The summed E-state index contributed by atoms with van der Waals surface area (Å²) in [4.78, 5) is 0. The highest BCUT2D eigenvalue weighted by Crippen LogP contribution is 2.13. The van der Waals surface area contributed by atoms with Gasteiger partial charge in [-0.2, -0.15) is 0 Å². The van der Waals surface area contributed by atoms with Crippen LogP contribution in [0.25, 0.3) is 6.08 Å². The molecule has 0 aliphatic carbocycles. The standard InChI is InChI=1S/C10H14N2/c1-8-4-5-10(12)7-9(8)3-2-6-11/h2-5,7H,6,11-12H2,1H3. The Labute approximate surface area is 72.9 Å². The summed E-state index contributed by atoms with van der Waals surface area (Å²) < 4.78 is 0. The highest BCUT2D eigenvalue weighted by molar-refractivity contribution is 5.59. The molecule has 0 heterocycles. The Kier molecular flexibility index (Phi) is 2.88. The van der Waals surface area contributed by atoms with Gasteiger partial charge in [-0.15, -0.1) is 0 Å². The smallest absolute Gasteiger partial charge is 0.0320 e. The summed E-state index contributed by atoms with van der Waals surface area (Å²) in [6, 6.07) is 5.85. The van der Waals surface area contributed by atoms with Crippen molar-refractivity contribution in [2.24, 2.45) is 5.73 Å². The van der Waals surface area contributed by atoms with Crippen LogP contribution in [-0.4, -0.2) is 6.54 Å². The van der Waals surface area contributed by atoms with Crippen molar-refractivity contribution in [3.05, 3.63) is 35.4 Å². The third kappa shape index (κ3) is 2.10. The van der Waals surface area contributed by atoms with Crippen molar-refractivity contribution >= 4 is 11.8 Å². The van der Waals surface area contributed by atoms with E-state index >= 15 is 0 Å². The SMILES string of the molecule is Cc1ccc(N)cc1C=CCN. The van der Waals surface area contributed by atoms with E-state index in [2.05, 4.69) is 6.92 Å². The first-order valence-electron chi connectivity index (χ1n) is 3.97. The predicted molar refractivity (Wildman–Crippen MR) is 53.7 cm³/mol. The Morgan fingerprint density at radius 1 is 1.42 bits per heavy atom. The third-order valence-corrected chi connectivity index (χ3v) is 1.74. The second kappa shape index (κ2) is 3.93. The Morgan fingerprint density at radius 2 is 2.17 bits per heavy atom. The van der Waals surface area contributed by atoms with E-state index < -0.39 is 0 Å². The second-order valence-corrected chi connectivity index (χ2v) is 2.75. The van der Waals surface area contributed by atoms with Crippen LogP contribution in [0.3, 0.4) is 0 Å². The molecule has 2 heteroatoms. The van der Waals surface area contributed by atoms with Crippen LogP contribution >= 0.6 is 0 Å². The quantitative estimate of drug-likeness (QED) is 0.648. The summed E-state index contributed by atoms with van der Waals surface area (Å²) in [7, 11) is 0. The molecule has 0 aromatic heterocycles. The molecule has 0 radical (unpaired) electrons. The van der Waals surface area contributed by atoms with Gasteiger partial charge >= 0.3 is 0 Å². The van der Waals surface area contributed by atoms with Crippen molar-refractivity contribution in [2.45, 2.75) is 6.92 Å². The molecule has 0 unspecified atom stereocenters. The van der Waals surface area contributed by atoms with Gasteiger partial charge in [0.2, 0.25) is 0 Å². The van der Waals surface area contributed by atoms with E-state index in [1.807, 2.05) is 30.4 Å². The van der Waals surface area contributed by atoms with Gasteiger partial charge in [0.05, 0.1) is 0 Å². The Balaban J connectivity index is 2.97. The molecule has 2 nitrogen and oxygen atoms in total. The summed E-state index contributed by atoms with van der Waals surface area (Å²) in [5, 5.41) is 0. The van der Waals surface area contributed by atoms with Crippen LogP contribution in [0, 0.1) is 6.92 Å². The topological polar surface area (TPSA) is 52.0 Å². The number of benzene rings is 1. The lowest BCUT2D eigenvalue weighted by molar-refractivity contribution is 1.26. The van der Waals surface area contributed by atoms with Gasteiger partial charge in [0, 0.05) is 12.2 Å². The van der Waals surface area contributed by atoms with Gasteiger partial charge < -0.3 is 11.5 Å². The second-order valence-electron chi connectivity index (χ2n) is 2.75. The fourth-order valence-electron chi connectivity index (χ4n) is 1.03. The number of hydrogen-bond donors (Lipinski definition) is 2. The summed E-state index contributed by atoms with van der Waals surface area (Å²) in [5.41, 5.74) is 14.1. The van der Waals surface area contributed by atoms with Crippen LogP contribution in [0.2, 0.25) is 0 Å². The van der Waals surface area contributed by atoms with Crippen LogP contribution in [0.4, 0.5) is 5.69 Å². The molecule has 0 aliphatic rings. The van der Waals surface area contributed by atoms with Gasteiger partial charge in [-0.3, -0.25) is 0 Å². The van der Waals surface area contributed by atoms with Gasteiger partial charge in [0.15, 0.2) is 0 Å². The van der Waals surface area contributed by atoms with Crippen molar-refractivity contribution in [3.63, 3.8) is 0 Å². The van der Waals surface area contributed by atoms with E-state index in [9.17, 15) is 0 Å². The monoisotopic (exact) mass is 162 g/mol. The molecule has 0 saturated heterocycles. The zero-order valence-electron chi connectivity index (χ0n) is 7.25. The number of rotatable bonds is 2. The zero-order chi connectivity index (χ0) is 8.97. The molecule has 64 valence electrons. The van der Waals surface area contributed by atoms with Crippen LogP contribution < -0.4 is 11.5 Å². The highest BCUT2D eigenvalue weighted by atomic mass is 14.5. The molecule has 0 aliphatic heterocycles. The van der Waals surface area contributed by atoms with Crippen molar-refractivity contribution in [1.29, 1.82) is 0 Å². The maximum atomic E-state index is 5.63. The molecule has 1 aromatic rings. The molecule has 0 bridgehead atoms. The molecule has 1 rings (SSSR count). The van der Waals surface area contributed by atoms with E-state index in [1.54, 1.807) is 0 Å². The lowest BCUT2D eigenvalue weighted by Crippen LogP contribution is -1.93. The van der Waals surface area contributed by atoms with Crippen molar-refractivity contribution in [2.75, 3.05) is 12.3 Å². The number of nitrogen functional groups attached to an aromatic ring is 1. The summed E-state index contributed by atoms with van der Waals surface area (Å²) >= 11 is 0. The van der Waals surface area contributed by atoms with Crippen molar-refractivity contribution in [3.8, 4) is 0 Å². The number of aryl methyl sites for hydroxylation is 1. The van der Waals surface area contributed by atoms with Crippen LogP contribution in [0.1, 0.15) is 11.1 Å². The van der Waals surface area contributed by atoms with Crippen molar-refractivity contribution < 1.29 is 0 Å². The molecule has 0 spiro atoms. The molecular weight excluding hydrogens is 148 g/mol. The Morgan fingerprint density at radius 3 is 2.83 bits per heavy atom. The molecule has 0 amide bonds. The Bertz CT molecular complexity index is 290. The number of anilines is 1. The molecule has 12 heavy (non-hydrogen) atoms. The number of nitrogens with two attached hydrogens (primary N) is 2. The molecule has 0 fully saturated rings. The lowest BCUT2D eigenvalue weighted by atomic mass is 10.1. The van der Waals surface area contributed by atoms with Crippen LogP contribution in [-0.2, 0) is 0 Å². The lowest BCUT2D eigenvalue weighted by Gasteiger charge is -2.00. The molecule has 0 saturated carbocycles. The van der Waals surface area contributed by atoms with E-state index in [1.165, 1.54) is 5.56 Å². The summed E-state index contributed by atoms with van der Waals surface area (Å²) in [5.74, 6) is 0. The third-order valence-electron chi connectivity index (χ3n) is 1.74. The van der Waals surface area contributed by atoms with Gasteiger partial charge in [0.1, 0.15) is 0 Å². The molecule has 1 aromatic carbocycles. The molecular formula is C10H14N2. The van der Waals surface area contributed by atoms with Gasteiger partial charge in [0.25, 0.3) is 0 Å². The van der Waals surface area contributed by atoms with E-state index in [0.717, 1.165) is 11.3 Å². The minimum atomic E-state index is 0.564. The first-order valence-corrected chi connectivity index (χ1v) is 3.97. The first-order chi connectivity index (χ1) is 5.74. The average molecular weight is 162 g/mol. The predicted octanol–water partition coefficient (Wildman–Crippen LogP) is 1.55. The summed E-state index contributed by atoms with van der Waals surface area (Å²) in [6.07, 6.45) is 3.91.